The number of carbonyl (C=O) groups is 3. The summed E-state index contributed by atoms with van der Waals surface area (Å²) in [6.45, 7) is 3.13. The molecule has 7 heteroatoms. The summed E-state index contributed by atoms with van der Waals surface area (Å²) in [6.07, 6.45) is 0. The molecule has 0 aliphatic rings. The number of methoxy groups -OCH3 is 1. The second-order valence-electron chi connectivity index (χ2n) is 5.85. The maximum Gasteiger partial charge on any atom is 0.342 e. The molecule has 142 valence electrons. The summed E-state index contributed by atoms with van der Waals surface area (Å²) in [4.78, 5) is 35.8. The van der Waals surface area contributed by atoms with E-state index in [1.54, 1.807) is 24.3 Å². The number of carbonyl (C=O) groups excluding carboxylic acids is 3. The lowest BCUT2D eigenvalue weighted by molar-refractivity contribution is -0.126. The molecule has 2 aromatic carbocycles. The fourth-order valence-electron chi connectivity index (χ4n) is 2.33. The van der Waals surface area contributed by atoms with Gasteiger partial charge < -0.3 is 20.1 Å². The van der Waals surface area contributed by atoms with Crippen LogP contribution in [0.5, 0.6) is 5.75 Å². The van der Waals surface area contributed by atoms with Gasteiger partial charge in [-0.3, -0.25) is 9.59 Å². The Balaban J connectivity index is 1.79. The van der Waals surface area contributed by atoms with Crippen LogP contribution in [-0.4, -0.2) is 38.0 Å². The number of nitrogens with one attached hydrogen (secondary N) is 2. The third-order valence-electron chi connectivity index (χ3n) is 3.99. The molecule has 2 rings (SSSR count). The molecule has 0 aliphatic heterocycles. The number of para-hydroxylation sites is 1. The van der Waals surface area contributed by atoms with E-state index in [9.17, 15) is 14.4 Å². The van der Waals surface area contributed by atoms with Crippen molar-refractivity contribution in [2.75, 3.05) is 25.6 Å². The smallest absolute Gasteiger partial charge is 0.342 e. The fourth-order valence-corrected chi connectivity index (χ4v) is 2.33. The molecule has 2 N–H and O–H groups in total. The third kappa shape index (κ3) is 5.57. The van der Waals surface area contributed by atoms with Crippen LogP contribution in [0.1, 0.15) is 21.5 Å². The lowest BCUT2D eigenvalue weighted by Gasteiger charge is -2.11. The first kappa shape index (κ1) is 20.0. The van der Waals surface area contributed by atoms with Gasteiger partial charge >= 0.3 is 5.97 Å². The third-order valence-corrected chi connectivity index (χ3v) is 3.99. The number of rotatable bonds is 7. The van der Waals surface area contributed by atoms with Crippen LogP contribution >= 0.6 is 0 Å². The van der Waals surface area contributed by atoms with Crippen LogP contribution in [-0.2, 0) is 14.3 Å². The van der Waals surface area contributed by atoms with Crippen molar-refractivity contribution in [3.05, 3.63) is 59.2 Å². The molecule has 0 radical (unpaired) electrons. The van der Waals surface area contributed by atoms with E-state index in [0.29, 0.717) is 11.4 Å². The van der Waals surface area contributed by atoms with E-state index < -0.39 is 18.5 Å². The van der Waals surface area contributed by atoms with E-state index in [4.69, 9.17) is 9.47 Å². The van der Waals surface area contributed by atoms with E-state index in [0.717, 1.165) is 11.1 Å². The molecule has 7 nitrogen and oxygen atoms in total. The minimum Gasteiger partial charge on any atom is -0.496 e. The molecule has 2 amide bonds. The van der Waals surface area contributed by atoms with Crippen LogP contribution in [0.4, 0.5) is 5.69 Å². The maximum absolute atomic E-state index is 12.0. The number of anilines is 1. The van der Waals surface area contributed by atoms with Gasteiger partial charge in [0.15, 0.2) is 6.61 Å². The van der Waals surface area contributed by atoms with E-state index in [2.05, 4.69) is 10.6 Å². The summed E-state index contributed by atoms with van der Waals surface area (Å²) in [7, 11) is 1.44. The lowest BCUT2D eigenvalue weighted by atomic mass is 10.1. The summed E-state index contributed by atoms with van der Waals surface area (Å²) in [5.74, 6) is -1.26. The second kappa shape index (κ2) is 9.38. The Labute approximate surface area is 157 Å². The topological polar surface area (TPSA) is 93.7 Å². The van der Waals surface area contributed by atoms with Gasteiger partial charge in [0.05, 0.1) is 13.7 Å². The molecule has 0 saturated carbocycles. The summed E-state index contributed by atoms with van der Waals surface area (Å²) in [6, 6.07) is 12.1. The van der Waals surface area contributed by atoms with E-state index in [-0.39, 0.29) is 18.0 Å². The highest BCUT2D eigenvalue weighted by Gasteiger charge is 2.15. The number of esters is 1. The Morgan fingerprint density at radius 2 is 1.70 bits per heavy atom. The van der Waals surface area contributed by atoms with Gasteiger partial charge in [-0.1, -0.05) is 24.3 Å². The Bertz CT molecular complexity index is 848. The van der Waals surface area contributed by atoms with Crippen molar-refractivity contribution in [3.63, 3.8) is 0 Å². The number of amides is 2. The molecule has 2 aromatic rings. The number of ether oxygens (including phenoxy) is 2. The van der Waals surface area contributed by atoms with Crippen molar-refractivity contribution in [2.45, 2.75) is 13.8 Å². The summed E-state index contributed by atoms with van der Waals surface area (Å²) in [5.41, 5.74) is 2.93. The van der Waals surface area contributed by atoms with Crippen LogP contribution < -0.4 is 15.4 Å². The molecular weight excluding hydrogens is 348 g/mol. The minimum atomic E-state index is -0.678. The molecule has 27 heavy (non-hydrogen) atoms. The van der Waals surface area contributed by atoms with Crippen LogP contribution in [0, 0.1) is 13.8 Å². The highest BCUT2D eigenvalue weighted by atomic mass is 16.5. The molecule has 0 bridgehead atoms. The highest BCUT2D eigenvalue weighted by Crippen LogP contribution is 2.18. The second-order valence-corrected chi connectivity index (χ2v) is 5.85. The zero-order chi connectivity index (χ0) is 19.8. The van der Waals surface area contributed by atoms with Crippen molar-refractivity contribution in [2.24, 2.45) is 0 Å². The van der Waals surface area contributed by atoms with Gasteiger partial charge in [0.2, 0.25) is 5.91 Å². The largest absolute Gasteiger partial charge is 0.496 e. The molecule has 0 atom stereocenters. The number of hydrogen-bond donors (Lipinski definition) is 2. The summed E-state index contributed by atoms with van der Waals surface area (Å²) >= 11 is 0. The van der Waals surface area contributed by atoms with Gasteiger partial charge in [-0.25, -0.2) is 4.79 Å². The van der Waals surface area contributed by atoms with Gasteiger partial charge in [-0.2, -0.15) is 0 Å². The zero-order valence-electron chi connectivity index (χ0n) is 15.5. The normalized spacial score (nSPS) is 10.0. The van der Waals surface area contributed by atoms with Gasteiger partial charge in [-0.05, 0) is 43.2 Å². The Morgan fingerprint density at radius 3 is 2.44 bits per heavy atom. The van der Waals surface area contributed by atoms with Gasteiger partial charge in [0, 0.05) is 5.69 Å². The Morgan fingerprint density at radius 1 is 0.963 bits per heavy atom. The first-order valence-electron chi connectivity index (χ1n) is 8.35. The monoisotopic (exact) mass is 370 g/mol. The molecule has 0 fully saturated rings. The molecular formula is C20H22N2O5. The average molecular weight is 370 g/mol. The lowest BCUT2D eigenvalue weighted by Crippen LogP contribution is -2.35. The Hall–Kier alpha value is -3.35. The predicted molar refractivity (Wildman–Crippen MR) is 101 cm³/mol. The quantitative estimate of drug-likeness (QED) is 0.729. The van der Waals surface area contributed by atoms with Crippen molar-refractivity contribution in [1.82, 2.24) is 5.32 Å². The van der Waals surface area contributed by atoms with Gasteiger partial charge in [-0.15, -0.1) is 0 Å². The Kier molecular flexibility index (Phi) is 6.93. The number of aryl methyl sites for hydroxylation is 1. The van der Waals surface area contributed by atoms with Crippen molar-refractivity contribution in [3.8, 4) is 5.75 Å². The van der Waals surface area contributed by atoms with Crippen LogP contribution in [0.3, 0.4) is 0 Å². The predicted octanol–water partition coefficient (Wildman–Crippen LogP) is 2.22. The fraction of sp³-hybridized carbons (Fsp3) is 0.250. The van der Waals surface area contributed by atoms with Crippen molar-refractivity contribution >= 4 is 23.5 Å². The zero-order valence-corrected chi connectivity index (χ0v) is 15.5. The SMILES string of the molecule is COc1ccccc1C(=O)OCC(=O)NCC(=O)Nc1cccc(C)c1C. The summed E-state index contributed by atoms with van der Waals surface area (Å²) in [5, 5.41) is 5.15. The molecule has 0 saturated heterocycles. The molecule has 0 spiro atoms. The maximum atomic E-state index is 12.0. The molecule has 0 aliphatic carbocycles. The van der Waals surface area contributed by atoms with Crippen LogP contribution in [0.25, 0.3) is 0 Å². The number of benzene rings is 2. The van der Waals surface area contributed by atoms with Gasteiger partial charge in [0.1, 0.15) is 11.3 Å². The number of hydrogen-bond acceptors (Lipinski definition) is 5. The van der Waals surface area contributed by atoms with Crippen molar-refractivity contribution < 1.29 is 23.9 Å². The first-order valence-corrected chi connectivity index (χ1v) is 8.35. The summed E-state index contributed by atoms with van der Waals surface area (Å²) < 4.78 is 10.0. The van der Waals surface area contributed by atoms with E-state index in [1.165, 1.54) is 13.2 Å². The molecule has 0 aromatic heterocycles. The van der Waals surface area contributed by atoms with E-state index in [1.807, 2.05) is 26.0 Å². The molecule has 0 unspecified atom stereocenters. The van der Waals surface area contributed by atoms with Crippen LogP contribution in [0.15, 0.2) is 42.5 Å². The van der Waals surface area contributed by atoms with Crippen molar-refractivity contribution in [1.29, 1.82) is 0 Å². The minimum absolute atomic E-state index is 0.223. The molecule has 0 heterocycles. The standard InChI is InChI=1S/C20H22N2O5/c1-13-7-6-9-16(14(13)2)22-18(23)11-21-19(24)12-27-20(25)15-8-4-5-10-17(15)26-3/h4-10H,11-12H2,1-3H3,(H,21,24)(H,22,23). The highest BCUT2D eigenvalue weighted by molar-refractivity contribution is 5.96. The van der Waals surface area contributed by atoms with Gasteiger partial charge in [0.25, 0.3) is 5.91 Å². The average Bonchev–Trinajstić information content (AvgIpc) is 2.68. The van der Waals surface area contributed by atoms with E-state index >= 15 is 0 Å². The first-order chi connectivity index (χ1) is 12.9. The van der Waals surface area contributed by atoms with Crippen LogP contribution in [0.2, 0.25) is 0 Å².